The van der Waals surface area contributed by atoms with Crippen molar-refractivity contribution >= 4 is 23.5 Å². The number of imide groups is 1. The number of ether oxygens (including phenoxy) is 2. The smallest absolute Gasteiger partial charge is 0.325 e. The number of urea groups is 1. The Balaban J connectivity index is 1.33. The van der Waals surface area contributed by atoms with Gasteiger partial charge in [0.1, 0.15) is 25.3 Å². The second-order valence-corrected chi connectivity index (χ2v) is 9.15. The summed E-state index contributed by atoms with van der Waals surface area (Å²) in [6.45, 7) is 7.67. The minimum Gasteiger partial charge on any atom is -0.486 e. The van der Waals surface area contributed by atoms with Gasteiger partial charge in [0.15, 0.2) is 11.5 Å². The van der Waals surface area contributed by atoms with Crippen LogP contribution in [-0.2, 0) is 15.1 Å². The molecule has 4 amide bonds. The van der Waals surface area contributed by atoms with Crippen molar-refractivity contribution in [2.45, 2.75) is 33.2 Å². The minimum atomic E-state index is -1.34. The van der Waals surface area contributed by atoms with Gasteiger partial charge in [0.25, 0.3) is 5.91 Å². The lowest BCUT2D eigenvalue weighted by atomic mass is 9.91. The topological polar surface area (TPSA) is 115 Å². The normalized spacial score (nSPS) is 18.8. The van der Waals surface area contributed by atoms with Gasteiger partial charge in [-0.1, -0.05) is 23.8 Å². The van der Waals surface area contributed by atoms with E-state index in [4.69, 9.17) is 9.47 Å². The van der Waals surface area contributed by atoms with E-state index in [0.29, 0.717) is 41.7 Å². The lowest BCUT2D eigenvalue weighted by Gasteiger charge is -2.25. The Morgan fingerprint density at radius 1 is 1.06 bits per heavy atom. The van der Waals surface area contributed by atoms with Gasteiger partial charge in [-0.3, -0.25) is 14.5 Å². The highest BCUT2D eigenvalue weighted by Gasteiger charge is 2.50. The van der Waals surface area contributed by atoms with Crippen LogP contribution >= 0.6 is 0 Å². The third-order valence-electron chi connectivity index (χ3n) is 6.53. The largest absolute Gasteiger partial charge is 0.486 e. The van der Waals surface area contributed by atoms with Gasteiger partial charge >= 0.3 is 6.03 Å². The zero-order valence-corrected chi connectivity index (χ0v) is 20.5. The van der Waals surface area contributed by atoms with Crippen molar-refractivity contribution in [2.75, 3.05) is 25.1 Å². The molecule has 0 spiro atoms. The van der Waals surface area contributed by atoms with E-state index in [2.05, 4.69) is 15.7 Å². The summed E-state index contributed by atoms with van der Waals surface area (Å²) in [5.41, 5.74) is 3.11. The first kappa shape index (κ1) is 23.4. The molecule has 2 aliphatic heterocycles. The molecule has 1 aromatic heterocycles. The number of carbonyl (C=O) groups is 3. The van der Waals surface area contributed by atoms with Crippen LogP contribution in [0.25, 0.3) is 5.69 Å². The standard InChI is InChI=1S/C26H27N5O5/c1-15-5-8-19(9-6-15)31-17(3)23(16(2)29-31)27-22(32)14-30-24(33)26(4,28-25(30)34)18-7-10-20-21(13-18)36-12-11-35-20/h5-10,13H,11-12,14H2,1-4H3,(H,27,32)(H,28,34)/t26-/m0/s1. The van der Waals surface area contributed by atoms with Crippen molar-refractivity contribution in [1.29, 1.82) is 0 Å². The van der Waals surface area contributed by atoms with E-state index >= 15 is 0 Å². The maximum absolute atomic E-state index is 13.3. The number of aromatic nitrogens is 2. The van der Waals surface area contributed by atoms with Crippen molar-refractivity contribution in [2.24, 2.45) is 0 Å². The molecule has 2 aromatic carbocycles. The molecule has 1 fully saturated rings. The Hall–Kier alpha value is -4.34. The SMILES string of the molecule is Cc1ccc(-n2nc(C)c(NC(=O)CN3C(=O)N[C@@](C)(c4ccc5c(c4)OCCO5)C3=O)c2C)cc1. The lowest BCUT2D eigenvalue weighted by Crippen LogP contribution is -2.42. The number of hydrogen-bond acceptors (Lipinski definition) is 6. The molecule has 2 aliphatic rings. The Labute approximate surface area is 208 Å². The molecule has 36 heavy (non-hydrogen) atoms. The first-order valence-electron chi connectivity index (χ1n) is 11.6. The van der Waals surface area contributed by atoms with Gasteiger partial charge in [0.05, 0.1) is 22.8 Å². The Kier molecular flexibility index (Phi) is 5.66. The van der Waals surface area contributed by atoms with E-state index in [-0.39, 0.29) is 0 Å². The van der Waals surface area contributed by atoms with Crippen LogP contribution < -0.4 is 20.1 Å². The summed E-state index contributed by atoms with van der Waals surface area (Å²) in [6.07, 6.45) is 0. The number of aryl methyl sites for hydroxylation is 2. The van der Waals surface area contributed by atoms with E-state index in [1.807, 2.05) is 38.1 Å². The maximum atomic E-state index is 13.3. The van der Waals surface area contributed by atoms with Gasteiger partial charge in [-0.25, -0.2) is 9.48 Å². The monoisotopic (exact) mass is 489 g/mol. The Morgan fingerprint density at radius 3 is 2.47 bits per heavy atom. The quantitative estimate of drug-likeness (QED) is 0.533. The van der Waals surface area contributed by atoms with Crippen molar-refractivity contribution < 1.29 is 23.9 Å². The highest BCUT2D eigenvalue weighted by molar-refractivity contribution is 6.10. The molecule has 1 saturated heterocycles. The number of nitrogens with zero attached hydrogens (tertiary/aromatic N) is 3. The molecule has 186 valence electrons. The molecule has 10 heteroatoms. The molecule has 5 rings (SSSR count). The number of benzene rings is 2. The number of amides is 4. The molecule has 1 atom stereocenters. The number of anilines is 1. The fraction of sp³-hybridized carbons (Fsp3) is 0.308. The summed E-state index contributed by atoms with van der Waals surface area (Å²) in [5.74, 6) is 0.0657. The summed E-state index contributed by atoms with van der Waals surface area (Å²) in [6, 6.07) is 12.3. The number of fused-ring (bicyclic) bond motifs is 1. The Bertz CT molecular complexity index is 1380. The average molecular weight is 490 g/mol. The van der Waals surface area contributed by atoms with Crippen molar-refractivity contribution in [3.05, 3.63) is 65.0 Å². The predicted octanol–water partition coefficient (Wildman–Crippen LogP) is 2.97. The van der Waals surface area contributed by atoms with Crippen molar-refractivity contribution in [3.63, 3.8) is 0 Å². The van der Waals surface area contributed by atoms with Gasteiger partial charge < -0.3 is 20.1 Å². The number of nitrogens with one attached hydrogen (secondary N) is 2. The fourth-order valence-electron chi connectivity index (χ4n) is 4.47. The van der Waals surface area contributed by atoms with E-state index in [0.717, 1.165) is 21.8 Å². The van der Waals surface area contributed by atoms with Gasteiger partial charge in [0.2, 0.25) is 5.91 Å². The molecule has 3 heterocycles. The van der Waals surface area contributed by atoms with Crippen LogP contribution in [0.3, 0.4) is 0 Å². The fourth-order valence-corrected chi connectivity index (χ4v) is 4.47. The lowest BCUT2D eigenvalue weighted by molar-refractivity contribution is -0.133. The van der Waals surface area contributed by atoms with Gasteiger partial charge in [-0.2, -0.15) is 5.10 Å². The number of rotatable bonds is 5. The predicted molar refractivity (Wildman–Crippen MR) is 131 cm³/mol. The van der Waals surface area contributed by atoms with E-state index in [9.17, 15) is 14.4 Å². The molecule has 0 saturated carbocycles. The highest BCUT2D eigenvalue weighted by Crippen LogP contribution is 2.37. The third kappa shape index (κ3) is 3.94. The van der Waals surface area contributed by atoms with Crippen LogP contribution in [-0.4, -0.2) is 52.3 Å². The van der Waals surface area contributed by atoms with Crippen molar-refractivity contribution in [3.8, 4) is 17.2 Å². The van der Waals surface area contributed by atoms with E-state index in [1.54, 1.807) is 36.7 Å². The zero-order valence-electron chi connectivity index (χ0n) is 20.5. The first-order chi connectivity index (χ1) is 17.2. The summed E-state index contributed by atoms with van der Waals surface area (Å²) in [4.78, 5) is 39.9. The molecule has 2 N–H and O–H groups in total. The summed E-state index contributed by atoms with van der Waals surface area (Å²) in [5, 5.41) is 10.1. The van der Waals surface area contributed by atoms with Crippen LogP contribution in [0.1, 0.15) is 29.4 Å². The second-order valence-electron chi connectivity index (χ2n) is 9.15. The summed E-state index contributed by atoms with van der Waals surface area (Å²) in [7, 11) is 0. The molecular formula is C26H27N5O5. The van der Waals surface area contributed by atoms with Gasteiger partial charge in [-0.05, 0) is 57.5 Å². The molecule has 3 aromatic rings. The minimum absolute atomic E-state index is 0.402. The van der Waals surface area contributed by atoms with Crippen molar-refractivity contribution in [1.82, 2.24) is 20.0 Å². The van der Waals surface area contributed by atoms with E-state index in [1.165, 1.54) is 0 Å². The molecule has 0 aliphatic carbocycles. The summed E-state index contributed by atoms with van der Waals surface area (Å²) >= 11 is 0. The third-order valence-corrected chi connectivity index (χ3v) is 6.53. The zero-order chi connectivity index (χ0) is 25.6. The van der Waals surface area contributed by atoms with Crippen LogP contribution in [0, 0.1) is 20.8 Å². The van der Waals surface area contributed by atoms with Crippen LogP contribution in [0.4, 0.5) is 10.5 Å². The summed E-state index contributed by atoms with van der Waals surface area (Å²) < 4.78 is 12.9. The van der Waals surface area contributed by atoms with E-state index < -0.39 is 29.9 Å². The highest BCUT2D eigenvalue weighted by atomic mass is 16.6. The molecule has 0 unspecified atom stereocenters. The molecule has 0 radical (unpaired) electrons. The van der Waals surface area contributed by atoms with Crippen LogP contribution in [0.2, 0.25) is 0 Å². The first-order valence-corrected chi connectivity index (χ1v) is 11.6. The molecule has 0 bridgehead atoms. The van der Waals surface area contributed by atoms with Gasteiger partial charge in [0, 0.05) is 0 Å². The number of carbonyl (C=O) groups excluding carboxylic acids is 3. The van der Waals surface area contributed by atoms with Crippen LogP contribution in [0.5, 0.6) is 11.5 Å². The Morgan fingerprint density at radius 2 is 1.75 bits per heavy atom. The molecular weight excluding hydrogens is 462 g/mol. The number of hydrogen-bond donors (Lipinski definition) is 2. The van der Waals surface area contributed by atoms with Gasteiger partial charge in [-0.15, -0.1) is 0 Å². The maximum Gasteiger partial charge on any atom is 0.325 e. The average Bonchev–Trinajstić information content (AvgIpc) is 3.26. The van der Waals surface area contributed by atoms with Crippen LogP contribution in [0.15, 0.2) is 42.5 Å². The molecule has 10 nitrogen and oxygen atoms in total. The second kappa shape index (κ2) is 8.71.